The van der Waals surface area contributed by atoms with Crippen LogP contribution in [0, 0.1) is 5.82 Å². The Morgan fingerprint density at radius 1 is 1.11 bits per heavy atom. The fourth-order valence-electron chi connectivity index (χ4n) is 4.54. The van der Waals surface area contributed by atoms with E-state index in [1.165, 1.54) is 12.1 Å². The average Bonchev–Trinajstić information content (AvgIpc) is 3.48. The maximum atomic E-state index is 14.4. The van der Waals surface area contributed by atoms with Crippen molar-refractivity contribution in [2.45, 2.75) is 36.2 Å². The van der Waals surface area contributed by atoms with Gasteiger partial charge in [-0.15, -0.1) is 0 Å². The second-order valence-electron chi connectivity index (χ2n) is 8.76. The van der Waals surface area contributed by atoms with Crippen molar-refractivity contribution in [1.82, 2.24) is 20.0 Å². The Labute approximate surface area is 202 Å². The van der Waals surface area contributed by atoms with E-state index >= 15 is 0 Å². The molecule has 0 bridgehead atoms. The Morgan fingerprint density at radius 2 is 1.91 bits per heavy atom. The highest BCUT2D eigenvalue weighted by Gasteiger charge is 2.38. The number of nitrogens with zero attached hydrogens (tertiary/aromatic N) is 5. The fraction of sp³-hybridized carbons (Fsp3) is 0.391. The minimum Gasteiger partial charge on any atom is -0.371 e. The highest BCUT2D eigenvalue weighted by atomic mass is 32.2. The van der Waals surface area contributed by atoms with Crippen molar-refractivity contribution in [3.8, 4) is 11.6 Å². The summed E-state index contributed by atoms with van der Waals surface area (Å²) >= 11 is 0. The van der Waals surface area contributed by atoms with Gasteiger partial charge in [0.25, 0.3) is 11.8 Å². The first-order valence-corrected chi connectivity index (χ1v) is 13.3. The van der Waals surface area contributed by atoms with Gasteiger partial charge in [-0.3, -0.25) is 9.78 Å². The maximum absolute atomic E-state index is 14.4. The van der Waals surface area contributed by atoms with Crippen LogP contribution in [0.2, 0.25) is 0 Å². The molecule has 35 heavy (non-hydrogen) atoms. The number of pyridine rings is 1. The van der Waals surface area contributed by atoms with Crippen LogP contribution in [0.25, 0.3) is 11.6 Å². The van der Waals surface area contributed by atoms with Crippen molar-refractivity contribution in [2.75, 3.05) is 36.1 Å². The maximum Gasteiger partial charge on any atom is 0.278 e. The Balaban J connectivity index is 1.18. The molecular weight excluding hydrogens is 475 g/mol. The SMILES string of the molecule is CS(=O)(=O)c1ccc(NC2CCN(C3CCN(c4noc(-c5ccccn5)n4)CC3)C2=O)c(F)c1. The number of nitrogens with one attached hydrogen (secondary N) is 1. The van der Waals surface area contributed by atoms with E-state index in [2.05, 4.69) is 20.4 Å². The Hall–Kier alpha value is -3.54. The molecule has 12 heteroatoms. The topological polar surface area (TPSA) is 122 Å². The van der Waals surface area contributed by atoms with E-state index in [1.807, 2.05) is 21.9 Å². The standard InChI is InChI=1S/C23H25FN6O4S/c1-35(32,33)16-5-6-18(17(24)14-16)26-20-9-13-30(22(20)31)15-7-11-29(12-8-15)23-27-21(34-28-23)19-4-2-3-10-25-19/h2-6,10,14-15,20,26H,7-9,11-13H2,1H3. The number of likely N-dealkylation sites (tertiary alicyclic amines) is 1. The number of piperidine rings is 1. The summed E-state index contributed by atoms with van der Waals surface area (Å²) in [5.74, 6) is 0.0947. The van der Waals surface area contributed by atoms with Gasteiger partial charge in [-0.2, -0.15) is 4.98 Å². The highest BCUT2D eigenvalue weighted by Crippen LogP contribution is 2.28. The smallest absolute Gasteiger partial charge is 0.278 e. The third kappa shape index (κ3) is 4.83. The van der Waals surface area contributed by atoms with Crippen molar-refractivity contribution >= 4 is 27.4 Å². The van der Waals surface area contributed by atoms with E-state index in [0.717, 1.165) is 25.2 Å². The molecule has 1 aromatic carbocycles. The molecule has 2 fully saturated rings. The third-order valence-corrected chi connectivity index (χ3v) is 7.54. The number of hydrogen-bond donors (Lipinski definition) is 1. The second-order valence-corrected chi connectivity index (χ2v) is 10.8. The molecule has 3 aromatic rings. The van der Waals surface area contributed by atoms with E-state index in [-0.39, 0.29) is 22.5 Å². The Morgan fingerprint density at radius 3 is 2.60 bits per heavy atom. The molecule has 0 saturated carbocycles. The molecule has 2 aliphatic rings. The van der Waals surface area contributed by atoms with Crippen LogP contribution in [0.15, 0.2) is 52.0 Å². The number of hydrogen-bond acceptors (Lipinski definition) is 9. The van der Waals surface area contributed by atoms with Crippen LogP contribution in [0.1, 0.15) is 19.3 Å². The first kappa shape index (κ1) is 23.2. The van der Waals surface area contributed by atoms with Gasteiger partial charge in [-0.25, -0.2) is 12.8 Å². The molecule has 184 valence electrons. The predicted molar refractivity (Wildman–Crippen MR) is 126 cm³/mol. The number of amides is 1. The van der Waals surface area contributed by atoms with Crippen molar-refractivity contribution in [2.24, 2.45) is 0 Å². The number of sulfone groups is 1. The normalized spacial score (nSPS) is 19.4. The monoisotopic (exact) mass is 500 g/mol. The number of anilines is 2. The van der Waals surface area contributed by atoms with Gasteiger partial charge in [0.2, 0.25) is 5.91 Å². The summed E-state index contributed by atoms with van der Waals surface area (Å²) in [7, 11) is -3.51. The molecule has 2 saturated heterocycles. The van der Waals surface area contributed by atoms with Gasteiger partial charge < -0.3 is 19.6 Å². The van der Waals surface area contributed by atoms with E-state index < -0.39 is 21.7 Å². The van der Waals surface area contributed by atoms with Crippen molar-refractivity contribution in [3.63, 3.8) is 0 Å². The van der Waals surface area contributed by atoms with Crippen molar-refractivity contribution in [3.05, 3.63) is 48.4 Å². The van der Waals surface area contributed by atoms with Gasteiger partial charge >= 0.3 is 0 Å². The number of benzene rings is 1. The number of aromatic nitrogens is 3. The molecule has 10 nitrogen and oxygen atoms in total. The highest BCUT2D eigenvalue weighted by molar-refractivity contribution is 7.90. The zero-order valence-electron chi connectivity index (χ0n) is 19.1. The molecule has 0 spiro atoms. The van der Waals surface area contributed by atoms with Crippen LogP contribution in [0.4, 0.5) is 16.0 Å². The first-order valence-electron chi connectivity index (χ1n) is 11.4. The zero-order chi connectivity index (χ0) is 24.6. The Kier molecular flexibility index (Phi) is 6.13. The minimum atomic E-state index is -3.51. The molecule has 1 amide bonds. The van der Waals surface area contributed by atoms with E-state index in [1.54, 1.807) is 12.3 Å². The minimum absolute atomic E-state index is 0.0742. The summed E-state index contributed by atoms with van der Waals surface area (Å²) < 4.78 is 43.0. The molecular formula is C23H25FN6O4S. The summed E-state index contributed by atoms with van der Waals surface area (Å²) in [6.45, 7) is 1.93. The predicted octanol–water partition coefficient (Wildman–Crippen LogP) is 2.36. The van der Waals surface area contributed by atoms with Gasteiger partial charge in [-0.1, -0.05) is 6.07 Å². The molecule has 0 aliphatic carbocycles. The van der Waals surface area contributed by atoms with E-state index in [4.69, 9.17) is 4.52 Å². The number of carbonyl (C=O) groups is 1. The lowest BCUT2D eigenvalue weighted by Crippen LogP contribution is -2.47. The average molecular weight is 501 g/mol. The van der Waals surface area contributed by atoms with Crippen LogP contribution >= 0.6 is 0 Å². The van der Waals surface area contributed by atoms with Crippen molar-refractivity contribution in [1.29, 1.82) is 0 Å². The van der Waals surface area contributed by atoms with Crippen LogP contribution in [0.3, 0.4) is 0 Å². The van der Waals surface area contributed by atoms with Gasteiger partial charge in [0.05, 0.1) is 10.6 Å². The molecule has 1 unspecified atom stereocenters. The summed E-state index contributed by atoms with van der Waals surface area (Å²) in [5.41, 5.74) is 0.734. The number of rotatable bonds is 6. The van der Waals surface area contributed by atoms with Gasteiger partial charge in [-0.05, 0) is 54.8 Å². The summed E-state index contributed by atoms with van der Waals surface area (Å²) in [4.78, 5) is 25.5. The van der Waals surface area contributed by atoms with Crippen LogP contribution in [-0.4, -0.2) is 72.3 Å². The third-order valence-electron chi connectivity index (χ3n) is 6.43. The van der Waals surface area contributed by atoms with E-state index in [0.29, 0.717) is 43.6 Å². The van der Waals surface area contributed by atoms with Gasteiger partial charge in [0.1, 0.15) is 17.6 Å². The molecule has 1 atom stereocenters. The van der Waals surface area contributed by atoms with Gasteiger partial charge in [0.15, 0.2) is 9.84 Å². The first-order chi connectivity index (χ1) is 16.8. The summed E-state index contributed by atoms with van der Waals surface area (Å²) in [5, 5.41) is 7.03. The summed E-state index contributed by atoms with van der Waals surface area (Å²) in [6, 6.07) is 8.67. The second kappa shape index (κ2) is 9.25. The van der Waals surface area contributed by atoms with Crippen molar-refractivity contribution < 1.29 is 22.1 Å². The van der Waals surface area contributed by atoms with Crippen LogP contribution < -0.4 is 10.2 Å². The zero-order valence-corrected chi connectivity index (χ0v) is 19.9. The molecule has 2 aromatic heterocycles. The number of halogens is 1. The molecule has 5 rings (SSSR count). The molecule has 2 aliphatic heterocycles. The lowest BCUT2D eigenvalue weighted by molar-refractivity contribution is -0.130. The van der Waals surface area contributed by atoms with Crippen LogP contribution in [0.5, 0.6) is 0 Å². The van der Waals surface area contributed by atoms with Crippen LogP contribution in [-0.2, 0) is 14.6 Å². The lowest BCUT2D eigenvalue weighted by Gasteiger charge is -2.36. The Bertz CT molecular complexity index is 1320. The fourth-order valence-corrected chi connectivity index (χ4v) is 5.18. The number of carbonyl (C=O) groups excluding carboxylic acids is 1. The molecule has 4 heterocycles. The largest absolute Gasteiger partial charge is 0.371 e. The summed E-state index contributed by atoms with van der Waals surface area (Å²) in [6.07, 6.45) is 4.74. The molecule has 1 N–H and O–H groups in total. The quantitative estimate of drug-likeness (QED) is 0.543. The van der Waals surface area contributed by atoms with E-state index in [9.17, 15) is 17.6 Å². The van der Waals surface area contributed by atoms with Gasteiger partial charge in [0, 0.05) is 38.1 Å². The lowest BCUT2D eigenvalue weighted by atomic mass is 10.0. The molecule has 0 radical (unpaired) electrons.